The van der Waals surface area contributed by atoms with E-state index in [-0.39, 0.29) is 19.1 Å². The average molecular weight is 1010 g/mol. The van der Waals surface area contributed by atoms with Crippen LogP contribution < -0.4 is 5.32 Å². The molecule has 70 heavy (non-hydrogen) atoms. The van der Waals surface area contributed by atoms with Gasteiger partial charge in [-0.2, -0.15) is 0 Å². The third-order valence-electron chi connectivity index (χ3n) is 14.5. The van der Waals surface area contributed by atoms with Gasteiger partial charge in [-0.25, -0.2) is 4.57 Å². The third kappa shape index (κ3) is 55.0. The Hall–Kier alpha value is -0.760. The Bertz CT molecular complexity index is 1150. The highest BCUT2D eigenvalue weighted by Gasteiger charge is 2.28. The van der Waals surface area contributed by atoms with Crippen LogP contribution in [0.2, 0.25) is 0 Å². The molecule has 0 aromatic rings. The second-order valence-electron chi connectivity index (χ2n) is 22.8. The van der Waals surface area contributed by atoms with Gasteiger partial charge in [0.05, 0.1) is 39.9 Å². The highest BCUT2D eigenvalue weighted by atomic mass is 31.2. The molecule has 0 rings (SSSR count). The molecule has 0 aromatic carbocycles. The fraction of sp³-hybridized carbons (Fsp3) is 0.951. The van der Waals surface area contributed by atoms with Crippen LogP contribution in [0.1, 0.15) is 322 Å². The average Bonchev–Trinajstić information content (AvgIpc) is 3.32. The highest BCUT2D eigenvalue weighted by Crippen LogP contribution is 2.43. The molecule has 0 aromatic heterocycles. The molecule has 3 unspecified atom stereocenters. The topological polar surface area (TPSA) is 105 Å². The molecule has 0 aliphatic heterocycles. The molecule has 0 saturated carbocycles. The molecule has 0 fully saturated rings. The van der Waals surface area contributed by atoms with Crippen LogP contribution in [0.3, 0.4) is 0 Å². The number of phosphoric acid groups is 1. The van der Waals surface area contributed by atoms with Gasteiger partial charge >= 0.3 is 7.82 Å². The fourth-order valence-corrected chi connectivity index (χ4v) is 10.4. The van der Waals surface area contributed by atoms with Gasteiger partial charge in [-0.3, -0.25) is 13.8 Å². The Labute approximate surface area is 437 Å². The molecule has 0 saturated heterocycles. The summed E-state index contributed by atoms with van der Waals surface area (Å²) in [5.74, 6) is -0.140. The van der Waals surface area contributed by atoms with Crippen molar-refractivity contribution in [3.63, 3.8) is 0 Å². The summed E-state index contributed by atoms with van der Waals surface area (Å²) in [5.41, 5.74) is 0. The van der Waals surface area contributed by atoms with E-state index in [2.05, 4.69) is 31.3 Å². The van der Waals surface area contributed by atoms with Crippen LogP contribution in [0.4, 0.5) is 0 Å². The number of nitrogens with one attached hydrogen (secondary N) is 1. The van der Waals surface area contributed by atoms with E-state index in [1.165, 1.54) is 257 Å². The summed E-state index contributed by atoms with van der Waals surface area (Å²) in [6.07, 6.45) is 66.2. The Morgan fingerprint density at radius 1 is 0.471 bits per heavy atom. The van der Waals surface area contributed by atoms with E-state index in [4.69, 9.17) is 9.05 Å². The number of allylic oxidation sites excluding steroid dienone is 2. The molecule has 0 heterocycles. The maximum atomic E-state index is 12.9. The monoisotopic (exact) mass is 1010 g/mol. The van der Waals surface area contributed by atoms with E-state index in [0.717, 1.165) is 38.5 Å². The fourth-order valence-electron chi connectivity index (χ4n) is 9.63. The molecule has 0 aliphatic carbocycles. The lowest BCUT2D eigenvalue weighted by Crippen LogP contribution is -2.46. The number of rotatable bonds is 58. The predicted octanol–water partition coefficient (Wildman–Crippen LogP) is 19.0. The standard InChI is InChI=1S/C61H123N2O6P/c1-6-8-10-12-14-16-17-18-19-20-21-22-23-24-25-26-27-28-29-30-31-32-33-34-35-36-37-38-39-40-41-42-43-44-45-47-49-51-53-55-61(65)62-59(58-69-70(66,67)68-57-56-63(3,4)5)60(64)54-52-50-48-46-15-13-11-9-7-2/h20-21,59-60,64H,6-19,22-58H2,1-5H3,(H-,62,65,66,67)/p+1/b21-20-. The minimum Gasteiger partial charge on any atom is -0.391 e. The number of phosphoric ester groups is 1. The van der Waals surface area contributed by atoms with Crippen LogP contribution in [-0.2, 0) is 18.4 Å². The number of nitrogens with zero attached hydrogens (tertiary/aromatic N) is 1. The van der Waals surface area contributed by atoms with Gasteiger partial charge < -0.3 is 19.8 Å². The summed E-state index contributed by atoms with van der Waals surface area (Å²) in [6, 6.07) is -0.754. The predicted molar refractivity (Wildman–Crippen MR) is 305 cm³/mol. The van der Waals surface area contributed by atoms with Crippen molar-refractivity contribution in [1.82, 2.24) is 5.32 Å². The first-order valence-electron chi connectivity index (χ1n) is 31.1. The lowest BCUT2D eigenvalue weighted by molar-refractivity contribution is -0.870. The van der Waals surface area contributed by atoms with E-state index in [9.17, 15) is 19.4 Å². The molecule has 8 nitrogen and oxygen atoms in total. The first-order chi connectivity index (χ1) is 34.0. The van der Waals surface area contributed by atoms with Crippen molar-refractivity contribution in [2.45, 2.75) is 334 Å². The zero-order valence-corrected chi connectivity index (χ0v) is 48.7. The molecule has 3 N–H and O–H groups in total. The Morgan fingerprint density at radius 3 is 1.10 bits per heavy atom. The number of likely N-dealkylation sites (N-methyl/N-ethyl adjacent to an activating group) is 1. The van der Waals surface area contributed by atoms with Gasteiger partial charge in [0.25, 0.3) is 0 Å². The van der Waals surface area contributed by atoms with Crippen molar-refractivity contribution in [2.24, 2.45) is 0 Å². The van der Waals surface area contributed by atoms with E-state index >= 15 is 0 Å². The van der Waals surface area contributed by atoms with Gasteiger partial charge in [0.1, 0.15) is 13.2 Å². The number of carbonyl (C=O) groups excluding carboxylic acids is 1. The van der Waals surface area contributed by atoms with Gasteiger partial charge in [-0.15, -0.1) is 0 Å². The van der Waals surface area contributed by atoms with Gasteiger partial charge in [0.2, 0.25) is 5.91 Å². The Balaban J connectivity index is 3.74. The van der Waals surface area contributed by atoms with Crippen molar-refractivity contribution in [2.75, 3.05) is 40.9 Å². The maximum absolute atomic E-state index is 12.9. The van der Waals surface area contributed by atoms with Gasteiger partial charge in [0, 0.05) is 6.42 Å². The molecule has 0 bridgehead atoms. The molecule has 0 spiro atoms. The molecule has 0 radical (unpaired) electrons. The maximum Gasteiger partial charge on any atom is 0.472 e. The molecular formula is C61H124N2O6P+. The summed E-state index contributed by atoms with van der Waals surface area (Å²) >= 11 is 0. The zero-order chi connectivity index (χ0) is 51.3. The minimum atomic E-state index is -4.31. The van der Waals surface area contributed by atoms with E-state index in [0.29, 0.717) is 23.9 Å². The van der Waals surface area contributed by atoms with Crippen LogP contribution >= 0.6 is 7.82 Å². The van der Waals surface area contributed by atoms with E-state index in [1.807, 2.05) is 21.1 Å². The van der Waals surface area contributed by atoms with Crippen LogP contribution in [0.25, 0.3) is 0 Å². The normalized spacial score (nSPS) is 13.9. The molecule has 0 aliphatic rings. The molecule has 418 valence electrons. The van der Waals surface area contributed by atoms with Crippen LogP contribution in [-0.4, -0.2) is 73.4 Å². The summed E-state index contributed by atoms with van der Waals surface area (Å²) in [4.78, 5) is 23.2. The third-order valence-corrected chi connectivity index (χ3v) is 15.5. The molecule has 3 atom stereocenters. The number of aliphatic hydroxyl groups excluding tert-OH is 1. The van der Waals surface area contributed by atoms with Crippen LogP contribution in [0, 0.1) is 0 Å². The first kappa shape index (κ1) is 69.2. The quantitative estimate of drug-likeness (QED) is 0.0243. The van der Waals surface area contributed by atoms with Crippen molar-refractivity contribution >= 4 is 13.7 Å². The highest BCUT2D eigenvalue weighted by molar-refractivity contribution is 7.47. The van der Waals surface area contributed by atoms with Crippen molar-refractivity contribution in [3.05, 3.63) is 12.2 Å². The van der Waals surface area contributed by atoms with Gasteiger partial charge in [-0.05, 0) is 38.5 Å². The smallest absolute Gasteiger partial charge is 0.391 e. The van der Waals surface area contributed by atoms with Gasteiger partial charge in [-0.1, -0.05) is 289 Å². The second-order valence-corrected chi connectivity index (χ2v) is 24.2. The zero-order valence-electron chi connectivity index (χ0n) is 47.8. The number of amides is 1. The summed E-state index contributed by atoms with van der Waals surface area (Å²) < 4.78 is 23.7. The van der Waals surface area contributed by atoms with Crippen LogP contribution in [0.5, 0.6) is 0 Å². The first-order valence-corrected chi connectivity index (χ1v) is 32.5. The lowest BCUT2D eigenvalue weighted by Gasteiger charge is -2.26. The number of quaternary nitrogens is 1. The largest absolute Gasteiger partial charge is 0.472 e. The summed E-state index contributed by atoms with van der Waals surface area (Å²) in [6.45, 7) is 4.90. The Kier molecular flexibility index (Phi) is 52.5. The van der Waals surface area contributed by atoms with Crippen molar-refractivity contribution < 1.29 is 32.9 Å². The minimum absolute atomic E-state index is 0.0778. The number of hydrogen-bond donors (Lipinski definition) is 3. The lowest BCUT2D eigenvalue weighted by atomic mass is 10.0. The van der Waals surface area contributed by atoms with Crippen LogP contribution in [0.15, 0.2) is 12.2 Å². The van der Waals surface area contributed by atoms with E-state index < -0.39 is 20.0 Å². The second kappa shape index (κ2) is 53.1. The Morgan fingerprint density at radius 2 is 0.771 bits per heavy atom. The van der Waals surface area contributed by atoms with Crippen molar-refractivity contribution in [3.8, 4) is 0 Å². The number of aliphatic hydroxyl groups is 1. The SMILES string of the molecule is CCCCCCCCCC/C=C\CCCCCCCCCCCCCCCCCCCCCCCCCCCCCC(=O)NC(COP(=O)(O)OCC[N+](C)(C)C)C(O)CCCCCCCCCCC. The van der Waals surface area contributed by atoms with E-state index in [1.54, 1.807) is 0 Å². The summed E-state index contributed by atoms with van der Waals surface area (Å²) in [5, 5.41) is 14.0. The molecule has 1 amide bonds. The number of carbonyl (C=O) groups is 1. The number of hydrogen-bond acceptors (Lipinski definition) is 5. The summed E-state index contributed by atoms with van der Waals surface area (Å²) in [7, 11) is 1.63. The number of unbranched alkanes of at least 4 members (excludes halogenated alkanes) is 43. The molecular weight excluding hydrogens is 888 g/mol. The van der Waals surface area contributed by atoms with Gasteiger partial charge in [0.15, 0.2) is 0 Å². The molecule has 9 heteroatoms. The van der Waals surface area contributed by atoms with Crippen molar-refractivity contribution in [1.29, 1.82) is 0 Å².